The number of nitrogens with zero attached hydrogens (tertiary/aromatic N) is 3. The molecule has 2 aliphatic heterocycles. The number of anilines is 1. The van der Waals surface area contributed by atoms with Crippen molar-refractivity contribution < 1.29 is 4.79 Å². The molecule has 0 aliphatic carbocycles. The van der Waals surface area contributed by atoms with Gasteiger partial charge in [-0.2, -0.15) is 0 Å². The van der Waals surface area contributed by atoms with E-state index in [9.17, 15) is 4.79 Å². The molecule has 142 valence electrons. The Balaban J connectivity index is 1.62. The van der Waals surface area contributed by atoms with Crippen LogP contribution in [0.2, 0.25) is 0 Å². The third-order valence-electron chi connectivity index (χ3n) is 5.61. The summed E-state index contributed by atoms with van der Waals surface area (Å²) in [7, 11) is 1.67. The van der Waals surface area contributed by atoms with Crippen LogP contribution in [0.25, 0.3) is 11.1 Å². The van der Waals surface area contributed by atoms with Crippen molar-refractivity contribution in [2.24, 2.45) is 10.7 Å². The summed E-state index contributed by atoms with van der Waals surface area (Å²) in [5.41, 5.74) is 9.05. The molecule has 1 aromatic heterocycles. The Morgan fingerprint density at radius 3 is 2.67 bits per heavy atom. The maximum atomic E-state index is 12.3. The minimum Gasteiger partial charge on any atom is -0.372 e. The van der Waals surface area contributed by atoms with Crippen molar-refractivity contribution in [3.8, 4) is 11.1 Å². The zero-order valence-electron chi connectivity index (χ0n) is 15.9. The van der Waals surface area contributed by atoms with Crippen LogP contribution in [-0.4, -0.2) is 36.9 Å². The lowest BCUT2D eigenvalue weighted by molar-refractivity contribution is -0.128. The summed E-state index contributed by atoms with van der Waals surface area (Å²) in [4.78, 5) is 21.8. The number of rotatable bonds is 3. The fourth-order valence-corrected chi connectivity index (χ4v) is 4.88. The minimum absolute atomic E-state index is 0.00652. The monoisotopic (exact) mass is 382 g/mol. The highest BCUT2D eigenvalue weighted by molar-refractivity contribution is 7.10. The van der Waals surface area contributed by atoms with E-state index < -0.39 is 5.54 Å². The van der Waals surface area contributed by atoms with Gasteiger partial charge in [-0.25, -0.2) is 4.99 Å². The Bertz CT molecular complexity index is 884. The lowest BCUT2D eigenvalue weighted by atomic mass is 9.93. The van der Waals surface area contributed by atoms with Gasteiger partial charge in [-0.15, -0.1) is 11.3 Å². The van der Waals surface area contributed by atoms with Gasteiger partial charge in [-0.1, -0.05) is 12.1 Å². The van der Waals surface area contributed by atoms with Crippen molar-refractivity contribution in [2.75, 3.05) is 25.0 Å². The highest BCUT2D eigenvalue weighted by atomic mass is 32.1. The summed E-state index contributed by atoms with van der Waals surface area (Å²) in [6, 6.07) is 10.9. The van der Waals surface area contributed by atoms with Crippen molar-refractivity contribution in [1.29, 1.82) is 0 Å². The molecule has 0 spiro atoms. The molecule has 2 N–H and O–H groups in total. The van der Waals surface area contributed by atoms with Gasteiger partial charge >= 0.3 is 0 Å². The van der Waals surface area contributed by atoms with Crippen LogP contribution in [0.15, 0.2) is 40.7 Å². The second-order valence-corrected chi connectivity index (χ2v) is 8.58. The number of thiophene rings is 1. The standard InChI is InChI=1S/C21H26N4OS/c1-21(13-19(26)24(2)20(22)23-21)18-12-16(14-27-18)15-7-6-8-17(11-15)25-9-4-3-5-10-25/h6-8,11-12,14H,3-5,9-10,13H2,1-2H3,(H2,22,23)/t21-/m0/s1. The van der Waals surface area contributed by atoms with E-state index in [0.29, 0.717) is 6.42 Å². The lowest BCUT2D eigenvalue weighted by Gasteiger charge is -2.32. The van der Waals surface area contributed by atoms with E-state index in [2.05, 4.69) is 45.6 Å². The van der Waals surface area contributed by atoms with Crippen LogP contribution >= 0.6 is 11.3 Å². The number of aliphatic imine (C=N–C) groups is 1. The van der Waals surface area contributed by atoms with Gasteiger partial charge in [-0.05, 0) is 60.9 Å². The fourth-order valence-electron chi connectivity index (χ4n) is 3.85. The number of hydrogen-bond donors (Lipinski definition) is 1. The summed E-state index contributed by atoms with van der Waals surface area (Å²) in [5, 5.41) is 2.16. The van der Waals surface area contributed by atoms with Crippen LogP contribution in [0.3, 0.4) is 0 Å². The Hall–Kier alpha value is -2.34. The molecule has 2 aromatic rings. The van der Waals surface area contributed by atoms with E-state index in [0.717, 1.165) is 18.0 Å². The van der Waals surface area contributed by atoms with E-state index in [-0.39, 0.29) is 11.9 Å². The molecule has 5 nitrogen and oxygen atoms in total. The predicted molar refractivity (Wildman–Crippen MR) is 112 cm³/mol. The van der Waals surface area contributed by atoms with Crippen molar-refractivity contribution in [2.45, 2.75) is 38.1 Å². The molecule has 0 radical (unpaired) electrons. The van der Waals surface area contributed by atoms with Crippen LogP contribution in [0.1, 0.15) is 37.5 Å². The second-order valence-electron chi connectivity index (χ2n) is 7.67. The molecule has 1 atom stereocenters. The van der Waals surface area contributed by atoms with Gasteiger partial charge in [0.15, 0.2) is 5.96 Å². The maximum absolute atomic E-state index is 12.3. The lowest BCUT2D eigenvalue weighted by Crippen LogP contribution is -2.47. The minimum atomic E-state index is -0.582. The average molecular weight is 383 g/mol. The summed E-state index contributed by atoms with van der Waals surface area (Å²) >= 11 is 1.65. The van der Waals surface area contributed by atoms with Crippen LogP contribution < -0.4 is 10.6 Å². The van der Waals surface area contributed by atoms with Gasteiger partial charge in [-0.3, -0.25) is 9.69 Å². The summed E-state index contributed by atoms with van der Waals surface area (Å²) in [6.45, 7) is 4.27. The van der Waals surface area contributed by atoms with Crippen molar-refractivity contribution >= 4 is 28.9 Å². The van der Waals surface area contributed by atoms with E-state index in [1.807, 2.05) is 6.92 Å². The number of nitrogens with two attached hydrogens (primary N) is 1. The molecule has 4 rings (SSSR count). The van der Waals surface area contributed by atoms with Crippen molar-refractivity contribution in [3.05, 3.63) is 40.6 Å². The van der Waals surface area contributed by atoms with Gasteiger partial charge < -0.3 is 10.6 Å². The van der Waals surface area contributed by atoms with Crippen molar-refractivity contribution in [3.63, 3.8) is 0 Å². The second kappa shape index (κ2) is 7.00. The molecule has 0 bridgehead atoms. The first-order valence-electron chi connectivity index (χ1n) is 9.52. The molecule has 1 aromatic carbocycles. The number of guanidine groups is 1. The number of carbonyl (C=O) groups is 1. The SMILES string of the molecule is CN1C(=O)C[C@@](C)(c2cc(-c3cccc(N4CCCCC4)c3)cs2)N=C1N. The van der Waals surface area contributed by atoms with Gasteiger partial charge in [0.25, 0.3) is 0 Å². The largest absolute Gasteiger partial charge is 0.372 e. The third-order valence-corrected chi connectivity index (χ3v) is 6.79. The number of piperidine rings is 1. The van der Waals surface area contributed by atoms with E-state index >= 15 is 0 Å². The maximum Gasteiger partial charge on any atom is 0.231 e. The molecule has 3 heterocycles. The third kappa shape index (κ3) is 3.46. The molecular formula is C21H26N4OS. The first-order valence-corrected chi connectivity index (χ1v) is 10.4. The normalized spacial score (nSPS) is 23.5. The van der Waals surface area contributed by atoms with E-state index in [1.165, 1.54) is 41.0 Å². The Morgan fingerprint density at radius 1 is 1.15 bits per heavy atom. The fraction of sp³-hybridized carbons (Fsp3) is 0.429. The molecule has 6 heteroatoms. The molecule has 1 saturated heterocycles. The zero-order valence-corrected chi connectivity index (χ0v) is 16.8. The average Bonchev–Trinajstić information content (AvgIpc) is 3.18. The Kier molecular flexibility index (Phi) is 4.68. The Labute approximate surface area is 164 Å². The van der Waals surface area contributed by atoms with Crippen LogP contribution in [-0.2, 0) is 10.3 Å². The van der Waals surface area contributed by atoms with Crippen molar-refractivity contribution in [1.82, 2.24) is 4.90 Å². The van der Waals surface area contributed by atoms with Gasteiger partial charge in [0.05, 0.1) is 6.42 Å². The highest BCUT2D eigenvalue weighted by Gasteiger charge is 2.37. The first-order chi connectivity index (χ1) is 13.0. The van der Waals surface area contributed by atoms with E-state index in [4.69, 9.17) is 5.73 Å². The molecule has 1 amide bonds. The predicted octanol–water partition coefficient (Wildman–Crippen LogP) is 3.80. The van der Waals surface area contributed by atoms with E-state index in [1.54, 1.807) is 18.4 Å². The molecule has 27 heavy (non-hydrogen) atoms. The van der Waals surface area contributed by atoms with Gasteiger partial charge in [0.2, 0.25) is 5.91 Å². The topological polar surface area (TPSA) is 61.9 Å². The first kappa shape index (κ1) is 18.0. The molecule has 0 saturated carbocycles. The number of benzene rings is 1. The van der Waals surface area contributed by atoms with Crippen LogP contribution in [0.5, 0.6) is 0 Å². The Morgan fingerprint density at radius 2 is 1.93 bits per heavy atom. The quantitative estimate of drug-likeness (QED) is 0.878. The zero-order chi connectivity index (χ0) is 19.0. The summed E-state index contributed by atoms with van der Waals surface area (Å²) in [6.07, 6.45) is 4.22. The number of carbonyl (C=O) groups excluding carboxylic acids is 1. The molecular weight excluding hydrogens is 356 g/mol. The molecule has 2 aliphatic rings. The highest BCUT2D eigenvalue weighted by Crippen LogP contribution is 2.39. The van der Waals surface area contributed by atoms with Gasteiger partial charge in [0.1, 0.15) is 5.54 Å². The van der Waals surface area contributed by atoms with Gasteiger partial charge in [0, 0.05) is 30.7 Å². The number of hydrogen-bond acceptors (Lipinski definition) is 5. The van der Waals surface area contributed by atoms with Crippen LogP contribution in [0.4, 0.5) is 5.69 Å². The summed E-state index contributed by atoms with van der Waals surface area (Å²) in [5.74, 6) is 0.294. The molecule has 0 unspecified atom stereocenters. The van der Waals surface area contributed by atoms with Crippen LogP contribution in [0, 0.1) is 0 Å². The summed E-state index contributed by atoms with van der Waals surface area (Å²) < 4.78 is 0. The smallest absolute Gasteiger partial charge is 0.231 e. The number of amides is 1. The molecule has 1 fully saturated rings.